The molecule has 8 heteroatoms. The highest BCUT2D eigenvalue weighted by Crippen LogP contribution is 2.23. The first-order valence-electron chi connectivity index (χ1n) is 10.2. The molecule has 0 spiro atoms. The van der Waals surface area contributed by atoms with Crippen molar-refractivity contribution >= 4 is 29.3 Å². The molecule has 1 atom stereocenters. The van der Waals surface area contributed by atoms with Crippen LogP contribution in [0.1, 0.15) is 62.7 Å². The molecule has 2 aromatic rings. The number of methoxy groups -OCH3 is 1. The van der Waals surface area contributed by atoms with Gasteiger partial charge in [-0.3, -0.25) is 9.59 Å². The Morgan fingerprint density at radius 1 is 1.16 bits per heavy atom. The third-order valence-electron chi connectivity index (χ3n) is 5.11. The summed E-state index contributed by atoms with van der Waals surface area (Å²) in [5.74, 6) is -1.03. The van der Waals surface area contributed by atoms with E-state index in [1.54, 1.807) is 59.1 Å². The maximum absolute atomic E-state index is 13.4. The highest BCUT2D eigenvalue weighted by Gasteiger charge is 2.31. The second-order valence-corrected chi connectivity index (χ2v) is 7.67. The summed E-state index contributed by atoms with van der Waals surface area (Å²) >= 11 is 5.94. The highest BCUT2D eigenvalue weighted by molar-refractivity contribution is 6.30. The fraction of sp³-hybridized carbons (Fsp3) is 0.435. The molecule has 1 N–H and O–H groups in total. The molecule has 0 radical (unpaired) electrons. The number of ether oxygens (including phenoxy) is 2. The van der Waals surface area contributed by atoms with Crippen LogP contribution in [-0.4, -0.2) is 60.5 Å². The van der Waals surface area contributed by atoms with Crippen molar-refractivity contribution in [2.45, 2.75) is 40.2 Å². The molecule has 0 unspecified atom stereocenters. The Bertz CT molecular complexity index is 936. The van der Waals surface area contributed by atoms with Crippen LogP contribution in [0.5, 0.6) is 0 Å². The number of hydrogen-bond acceptors (Lipinski definition) is 5. The second-order valence-electron chi connectivity index (χ2n) is 7.24. The molecular weight excluding hydrogens is 420 g/mol. The van der Waals surface area contributed by atoms with Crippen LogP contribution in [0.4, 0.5) is 0 Å². The monoisotopic (exact) mass is 448 g/mol. The number of rotatable bonds is 10. The fourth-order valence-corrected chi connectivity index (χ4v) is 3.61. The van der Waals surface area contributed by atoms with Crippen molar-refractivity contribution in [3.63, 3.8) is 0 Å². The van der Waals surface area contributed by atoms with Gasteiger partial charge < -0.3 is 19.4 Å². The van der Waals surface area contributed by atoms with Gasteiger partial charge in [0.15, 0.2) is 5.78 Å². The lowest BCUT2D eigenvalue weighted by Crippen LogP contribution is -2.44. The Morgan fingerprint density at radius 3 is 2.39 bits per heavy atom. The summed E-state index contributed by atoms with van der Waals surface area (Å²) in [7, 11) is 1.59. The molecule has 0 aliphatic rings. The molecule has 0 fully saturated rings. The van der Waals surface area contributed by atoms with E-state index in [4.69, 9.17) is 21.1 Å². The number of carbonyl (C=O) groups excluding carboxylic acids is 3. The normalized spacial score (nSPS) is 11.8. The average Bonchev–Trinajstić information content (AvgIpc) is 3.04. The second kappa shape index (κ2) is 11.1. The summed E-state index contributed by atoms with van der Waals surface area (Å²) in [5, 5.41) is 0.525. The first-order chi connectivity index (χ1) is 14.7. The van der Waals surface area contributed by atoms with Crippen molar-refractivity contribution in [3.8, 4) is 0 Å². The standard InChI is InChI=1S/C23H29ClN2O5/c1-6-31-23(29)20-14(2)19(15(3)25-20)21(27)16(4)26(12-7-13-30-5)22(28)17-8-10-18(24)11-9-17/h8-11,16,25H,6-7,12-13H2,1-5H3/t16-/m1/s1. The van der Waals surface area contributed by atoms with Gasteiger partial charge in [0.1, 0.15) is 5.69 Å². The minimum absolute atomic E-state index is 0.235. The third-order valence-corrected chi connectivity index (χ3v) is 5.36. The van der Waals surface area contributed by atoms with E-state index >= 15 is 0 Å². The van der Waals surface area contributed by atoms with Crippen LogP contribution in [-0.2, 0) is 9.47 Å². The van der Waals surface area contributed by atoms with E-state index in [2.05, 4.69) is 4.98 Å². The molecular formula is C23H29ClN2O5. The Kier molecular flexibility index (Phi) is 8.83. The number of ketones is 1. The van der Waals surface area contributed by atoms with Crippen LogP contribution in [0.25, 0.3) is 0 Å². The predicted molar refractivity (Wildman–Crippen MR) is 119 cm³/mol. The number of aryl methyl sites for hydroxylation is 1. The van der Waals surface area contributed by atoms with Crippen LogP contribution in [0.15, 0.2) is 24.3 Å². The number of nitrogens with zero attached hydrogens (tertiary/aromatic N) is 1. The van der Waals surface area contributed by atoms with Crippen LogP contribution < -0.4 is 0 Å². The molecule has 2 rings (SSSR count). The number of aromatic amines is 1. The van der Waals surface area contributed by atoms with Gasteiger partial charge in [-0.05, 0) is 63.9 Å². The molecule has 168 valence electrons. The van der Waals surface area contributed by atoms with E-state index in [9.17, 15) is 14.4 Å². The summed E-state index contributed by atoms with van der Waals surface area (Å²) < 4.78 is 10.2. The Labute approximate surface area is 187 Å². The van der Waals surface area contributed by atoms with Gasteiger partial charge in [0, 0.05) is 42.1 Å². The maximum atomic E-state index is 13.4. The fourth-order valence-electron chi connectivity index (χ4n) is 3.49. The number of nitrogens with one attached hydrogen (secondary N) is 1. The molecule has 0 aliphatic carbocycles. The van der Waals surface area contributed by atoms with Crippen molar-refractivity contribution in [2.24, 2.45) is 0 Å². The van der Waals surface area contributed by atoms with E-state index < -0.39 is 12.0 Å². The van der Waals surface area contributed by atoms with E-state index in [0.717, 1.165) is 0 Å². The summed E-state index contributed by atoms with van der Waals surface area (Å²) in [6.07, 6.45) is 0.576. The number of H-pyrrole nitrogens is 1. The summed E-state index contributed by atoms with van der Waals surface area (Å²) in [6.45, 7) is 7.88. The number of benzene rings is 1. The lowest BCUT2D eigenvalue weighted by molar-refractivity contribution is 0.0518. The quantitative estimate of drug-likeness (QED) is 0.334. The number of aromatic nitrogens is 1. The smallest absolute Gasteiger partial charge is 0.355 e. The molecule has 0 saturated carbocycles. The van der Waals surface area contributed by atoms with Crippen molar-refractivity contribution in [1.29, 1.82) is 0 Å². The molecule has 1 amide bonds. The maximum Gasteiger partial charge on any atom is 0.355 e. The highest BCUT2D eigenvalue weighted by atomic mass is 35.5. The van der Waals surface area contributed by atoms with Gasteiger partial charge >= 0.3 is 5.97 Å². The summed E-state index contributed by atoms with van der Waals surface area (Å²) in [5.41, 5.74) is 2.18. The zero-order valence-corrected chi connectivity index (χ0v) is 19.3. The van der Waals surface area contributed by atoms with Crippen molar-refractivity contribution < 1.29 is 23.9 Å². The molecule has 31 heavy (non-hydrogen) atoms. The van der Waals surface area contributed by atoms with Gasteiger partial charge in [0.05, 0.1) is 12.6 Å². The molecule has 1 aromatic heterocycles. The van der Waals surface area contributed by atoms with Crippen molar-refractivity contribution in [2.75, 3.05) is 26.9 Å². The van der Waals surface area contributed by atoms with Gasteiger partial charge in [0.2, 0.25) is 0 Å². The van der Waals surface area contributed by atoms with E-state index in [-0.39, 0.29) is 24.0 Å². The van der Waals surface area contributed by atoms with E-state index in [0.29, 0.717) is 47.0 Å². The van der Waals surface area contributed by atoms with Crippen LogP contribution in [0.3, 0.4) is 0 Å². The minimum Gasteiger partial charge on any atom is -0.461 e. The zero-order chi connectivity index (χ0) is 23.1. The number of carbonyl (C=O) groups is 3. The molecule has 1 heterocycles. The number of hydrogen-bond donors (Lipinski definition) is 1. The van der Waals surface area contributed by atoms with Crippen molar-refractivity contribution in [1.82, 2.24) is 9.88 Å². The minimum atomic E-state index is -0.747. The molecule has 7 nitrogen and oxygen atoms in total. The third kappa shape index (κ3) is 5.74. The first-order valence-corrected chi connectivity index (χ1v) is 10.6. The van der Waals surface area contributed by atoms with E-state index in [1.807, 2.05) is 0 Å². The van der Waals surface area contributed by atoms with Crippen LogP contribution in [0, 0.1) is 13.8 Å². The number of Topliss-reactive ketones (excluding diaryl/α,β-unsaturated/α-hetero) is 1. The number of amides is 1. The number of halogens is 1. The summed E-state index contributed by atoms with van der Waals surface area (Å²) in [6, 6.07) is 5.80. The van der Waals surface area contributed by atoms with Crippen molar-refractivity contribution in [3.05, 3.63) is 57.4 Å². The lowest BCUT2D eigenvalue weighted by Gasteiger charge is -2.29. The lowest BCUT2D eigenvalue weighted by atomic mass is 9.99. The Hall–Kier alpha value is -2.64. The summed E-state index contributed by atoms with van der Waals surface area (Å²) in [4.78, 5) is 43.3. The van der Waals surface area contributed by atoms with Gasteiger partial charge in [-0.2, -0.15) is 0 Å². The SMILES string of the molecule is CCOC(=O)c1[nH]c(C)c(C(=O)[C@@H](C)N(CCCOC)C(=O)c2ccc(Cl)cc2)c1C. The van der Waals surface area contributed by atoms with Crippen LogP contribution >= 0.6 is 11.6 Å². The predicted octanol–water partition coefficient (Wildman–Crippen LogP) is 4.21. The van der Waals surface area contributed by atoms with E-state index in [1.165, 1.54) is 4.90 Å². The van der Waals surface area contributed by atoms with Gasteiger partial charge in [-0.15, -0.1) is 0 Å². The Balaban J connectivity index is 2.36. The molecule has 0 aliphatic heterocycles. The molecule has 0 saturated heterocycles. The largest absolute Gasteiger partial charge is 0.461 e. The molecule has 0 bridgehead atoms. The van der Waals surface area contributed by atoms with Gasteiger partial charge in [-0.25, -0.2) is 4.79 Å². The topological polar surface area (TPSA) is 88.7 Å². The Morgan fingerprint density at radius 2 is 1.81 bits per heavy atom. The first kappa shape index (κ1) is 24.6. The zero-order valence-electron chi connectivity index (χ0n) is 18.6. The van der Waals surface area contributed by atoms with Gasteiger partial charge in [-0.1, -0.05) is 11.6 Å². The van der Waals surface area contributed by atoms with Gasteiger partial charge in [0.25, 0.3) is 5.91 Å². The van der Waals surface area contributed by atoms with Crippen LogP contribution in [0.2, 0.25) is 5.02 Å². The average molecular weight is 449 g/mol. The number of esters is 1. The molecule has 1 aromatic carbocycles.